The van der Waals surface area contributed by atoms with E-state index in [0.717, 1.165) is 23.3 Å². The van der Waals surface area contributed by atoms with Crippen molar-refractivity contribution in [3.63, 3.8) is 0 Å². The monoisotopic (exact) mass is 284 g/mol. The minimum Gasteiger partial charge on any atom is -0.496 e. The van der Waals surface area contributed by atoms with Crippen molar-refractivity contribution in [3.8, 4) is 5.75 Å². The van der Waals surface area contributed by atoms with Crippen molar-refractivity contribution in [1.82, 2.24) is 5.32 Å². The zero-order chi connectivity index (χ0) is 15.1. The van der Waals surface area contributed by atoms with Gasteiger partial charge in [-0.1, -0.05) is 30.3 Å². The molecule has 0 spiro atoms. The molecule has 1 amide bonds. The van der Waals surface area contributed by atoms with E-state index in [1.807, 2.05) is 48.5 Å². The molecule has 0 aliphatic carbocycles. The Hall–Kier alpha value is -2.49. The van der Waals surface area contributed by atoms with Crippen LogP contribution in [-0.4, -0.2) is 19.6 Å². The molecule has 110 valence electrons. The van der Waals surface area contributed by atoms with Gasteiger partial charge in [0.2, 0.25) is 5.91 Å². The topological polar surface area (TPSA) is 64.3 Å². The van der Waals surface area contributed by atoms with E-state index in [1.54, 1.807) is 7.11 Å². The quantitative estimate of drug-likeness (QED) is 0.799. The molecule has 0 saturated heterocycles. The molecule has 3 N–H and O–H groups in total. The van der Waals surface area contributed by atoms with Crippen LogP contribution in [0.3, 0.4) is 0 Å². The van der Waals surface area contributed by atoms with Crippen LogP contribution < -0.4 is 15.8 Å². The molecule has 0 atom stereocenters. The Morgan fingerprint density at radius 1 is 1.19 bits per heavy atom. The summed E-state index contributed by atoms with van der Waals surface area (Å²) in [5.41, 5.74) is 8.38. The average molecular weight is 284 g/mol. The molecule has 0 heterocycles. The van der Waals surface area contributed by atoms with Gasteiger partial charge >= 0.3 is 0 Å². The van der Waals surface area contributed by atoms with Crippen LogP contribution in [0, 0.1) is 0 Å². The van der Waals surface area contributed by atoms with Crippen LogP contribution in [0.15, 0.2) is 48.5 Å². The number of carbonyl (C=O) groups excluding carboxylic acids is 1. The van der Waals surface area contributed by atoms with Gasteiger partial charge in [-0.2, -0.15) is 0 Å². The smallest absolute Gasteiger partial charge is 0.224 e. The summed E-state index contributed by atoms with van der Waals surface area (Å²) < 4.78 is 5.29. The molecule has 0 aliphatic rings. The van der Waals surface area contributed by atoms with Crippen molar-refractivity contribution >= 4 is 11.6 Å². The third-order valence-corrected chi connectivity index (χ3v) is 3.22. The Morgan fingerprint density at radius 3 is 2.76 bits per heavy atom. The Morgan fingerprint density at radius 2 is 2.00 bits per heavy atom. The lowest BCUT2D eigenvalue weighted by atomic mass is 10.1. The van der Waals surface area contributed by atoms with Crippen LogP contribution in [-0.2, 0) is 17.6 Å². The molecular formula is C17H20N2O2. The molecular weight excluding hydrogens is 264 g/mol. The number of amides is 1. The number of para-hydroxylation sites is 1. The number of rotatable bonds is 6. The second kappa shape index (κ2) is 7.33. The normalized spacial score (nSPS) is 10.1. The second-order valence-corrected chi connectivity index (χ2v) is 4.83. The van der Waals surface area contributed by atoms with Crippen LogP contribution in [0.2, 0.25) is 0 Å². The minimum absolute atomic E-state index is 0.00417. The number of ether oxygens (including phenoxy) is 1. The third-order valence-electron chi connectivity index (χ3n) is 3.22. The molecule has 0 aromatic heterocycles. The lowest BCUT2D eigenvalue weighted by Gasteiger charge is -2.09. The Kier molecular flexibility index (Phi) is 5.21. The van der Waals surface area contributed by atoms with Crippen molar-refractivity contribution in [2.75, 3.05) is 19.4 Å². The molecule has 2 aromatic carbocycles. The highest BCUT2D eigenvalue weighted by atomic mass is 16.5. The van der Waals surface area contributed by atoms with Gasteiger partial charge in [-0.25, -0.2) is 0 Å². The van der Waals surface area contributed by atoms with Crippen LogP contribution in [0.5, 0.6) is 5.75 Å². The number of anilines is 1. The molecule has 2 rings (SSSR count). The zero-order valence-corrected chi connectivity index (χ0v) is 12.1. The highest BCUT2D eigenvalue weighted by molar-refractivity contribution is 5.78. The summed E-state index contributed by atoms with van der Waals surface area (Å²) in [5.74, 6) is 0.845. The predicted molar refractivity (Wildman–Crippen MR) is 84.3 cm³/mol. The summed E-state index contributed by atoms with van der Waals surface area (Å²) in [6.45, 7) is 0.585. The van der Waals surface area contributed by atoms with Gasteiger partial charge in [0.25, 0.3) is 0 Å². The molecule has 0 bridgehead atoms. The summed E-state index contributed by atoms with van der Waals surface area (Å²) in [7, 11) is 1.65. The summed E-state index contributed by atoms with van der Waals surface area (Å²) >= 11 is 0. The maximum atomic E-state index is 11.9. The van der Waals surface area contributed by atoms with Crippen LogP contribution in [0.25, 0.3) is 0 Å². The number of methoxy groups -OCH3 is 1. The fourth-order valence-corrected chi connectivity index (χ4v) is 2.20. The standard InChI is InChI=1S/C17H20N2O2/c1-21-16-8-3-2-6-14(16)9-10-19-17(20)12-13-5-4-7-15(18)11-13/h2-8,11H,9-10,12,18H2,1H3,(H,19,20). The van der Waals surface area contributed by atoms with Gasteiger partial charge in [0.05, 0.1) is 13.5 Å². The first-order chi connectivity index (χ1) is 10.2. The Bertz CT molecular complexity index is 611. The fourth-order valence-electron chi connectivity index (χ4n) is 2.20. The first-order valence-corrected chi connectivity index (χ1v) is 6.92. The van der Waals surface area contributed by atoms with Crippen LogP contribution in [0.1, 0.15) is 11.1 Å². The zero-order valence-electron chi connectivity index (χ0n) is 12.1. The predicted octanol–water partition coefficient (Wildman–Crippen LogP) is 2.18. The van der Waals surface area contributed by atoms with Crippen molar-refractivity contribution in [3.05, 3.63) is 59.7 Å². The van der Waals surface area contributed by atoms with E-state index in [-0.39, 0.29) is 5.91 Å². The SMILES string of the molecule is COc1ccccc1CCNC(=O)Cc1cccc(N)c1. The number of nitrogen functional groups attached to an aromatic ring is 1. The molecule has 0 aliphatic heterocycles. The van der Waals surface area contributed by atoms with Gasteiger partial charge in [0.15, 0.2) is 0 Å². The number of nitrogens with one attached hydrogen (secondary N) is 1. The second-order valence-electron chi connectivity index (χ2n) is 4.83. The van der Waals surface area contributed by atoms with Crippen molar-refractivity contribution in [2.24, 2.45) is 0 Å². The van der Waals surface area contributed by atoms with Crippen molar-refractivity contribution in [1.29, 1.82) is 0 Å². The maximum Gasteiger partial charge on any atom is 0.224 e. The summed E-state index contributed by atoms with van der Waals surface area (Å²) in [5, 5.41) is 2.92. The minimum atomic E-state index is -0.00417. The van der Waals surface area contributed by atoms with E-state index in [1.165, 1.54) is 0 Å². The Labute approximate surface area is 124 Å². The summed E-state index contributed by atoms with van der Waals surface area (Å²) in [4.78, 5) is 11.9. The molecule has 4 heteroatoms. The van der Waals surface area contributed by atoms with Crippen molar-refractivity contribution < 1.29 is 9.53 Å². The number of hydrogen-bond acceptors (Lipinski definition) is 3. The molecule has 4 nitrogen and oxygen atoms in total. The number of carbonyl (C=O) groups is 1. The lowest BCUT2D eigenvalue weighted by Crippen LogP contribution is -2.27. The van der Waals surface area contributed by atoms with E-state index in [9.17, 15) is 4.79 Å². The highest BCUT2D eigenvalue weighted by Gasteiger charge is 2.05. The van der Waals surface area contributed by atoms with E-state index < -0.39 is 0 Å². The number of benzene rings is 2. The van der Waals surface area contributed by atoms with E-state index in [0.29, 0.717) is 18.7 Å². The maximum absolute atomic E-state index is 11.9. The van der Waals surface area contributed by atoms with Gasteiger partial charge in [0, 0.05) is 12.2 Å². The largest absolute Gasteiger partial charge is 0.496 e. The number of nitrogens with two attached hydrogens (primary N) is 1. The van der Waals surface area contributed by atoms with Crippen LogP contribution in [0.4, 0.5) is 5.69 Å². The van der Waals surface area contributed by atoms with E-state index in [4.69, 9.17) is 10.5 Å². The highest BCUT2D eigenvalue weighted by Crippen LogP contribution is 2.17. The van der Waals surface area contributed by atoms with Gasteiger partial charge in [0.1, 0.15) is 5.75 Å². The van der Waals surface area contributed by atoms with E-state index >= 15 is 0 Å². The molecule has 21 heavy (non-hydrogen) atoms. The first-order valence-electron chi connectivity index (χ1n) is 6.92. The third kappa shape index (κ3) is 4.53. The van der Waals surface area contributed by atoms with Gasteiger partial charge in [-0.15, -0.1) is 0 Å². The number of hydrogen-bond donors (Lipinski definition) is 2. The molecule has 0 fully saturated rings. The van der Waals surface area contributed by atoms with Crippen LogP contribution >= 0.6 is 0 Å². The molecule has 0 unspecified atom stereocenters. The molecule has 0 saturated carbocycles. The first kappa shape index (κ1) is 14.9. The van der Waals surface area contributed by atoms with Gasteiger partial charge < -0.3 is 15.8 Å². The van der Waals surface area contributed by atoms with Gasteiger partial charge in [-0.05, 0) is 35.7 Å². The van der Waals surface area contributed by atoms with Gasteiger partial charge in [-0.3, -0.25) is 4.79 Å². The van der Waals surface area contributed by atoms with Crippen molar-refractivity contribution in [2.45, 2.75) is 12.8 Å². The lowest BCUT2D eigenvalue weighted by molar-refractivity contribution is -0.120. The summed E-state index contributed by atoms with van der Waals surface area (Å²) in [6, 6.07) is 15.2. The fraction of sp³-hybridized carbons (Fsp3) is 0.235. The summed E-state index contributed by atoms with van der Waals surface area (Å²) in [6.07, 6.45) is 1.09. The Balaban J connectivity index is 1.82. The molecule has 2 aromatic rings. The van der Waals surface area contributed by atoms with E-state index in [2.05, 4.69) is 5.32 Å². The average Bonchev–Trinajstić information content (AvgIpc) is 2.47. The molecule has 0 radical (unpaired) electrons.